The van der Waals surface area contributed by atoms with Gasteiger partial charge in [-0.1, -0.05) is 13.8 Å². The summed E-state index contributed by atoms with van der Waals surface area (Å²) in [6, 6.07) is 5.70. The number of halogens is 2. The zero-order valence-corrected chi connectivity index (χ0v) is 13.1. The van der Waals surface area contributed by atoms with Crippen LogP contribution in [0.5, 0.6) is 0 Å². The number of carbonyl (C=O) groups is 1. The van der Waals surface area contributed by atoms with Crippen molar-refractivity contribution < 1.29 is 13.1 Å². The topological polar surface area (TPSA) is 46.9 Å². The summed E-state index contributed by atoms with van der Waals surface area (Å²) in [7, 11) is 0. The van der Waals surface area contributed by atoms with Gasteiger partial charge in [0.15, 0.2) is 12.3 Å². The maximum absolute atomic E-state index is 12.9. The Balaban J connectivity index is 0.00000106. The number of carbonyl (C=O) groups excluding carboxylic acids is 1. The molecule has 2 aromatic rings. The average Bonchev–Trinajstić information content (AvgIpc) is 2.78. The van der Waals surface area contributed by atoms with E-state index in [4.69, 9.17) is 0 Å². The normalized spacial score (nSPS) is 9.81. The van der Waals surface area contributed by atoms with Gasteiger partial charge in [-0.25, -0.2) is 4.39 Å². The van der Waals surface area contributed by atoms with Gasteiger partial charge in [0.2, 0.25) is 5.91 Å². The molecule has 114 valence electrons. The van der Waals surface area contributed by atoms with Crippen LogP contribution in [0.4, 0.5) is 14.1 Å². The van der Waals surface area contributed by atoms with E-state index in [1.165, 1.54) is 19.1 Å². The highest BCUT2D eigenvalue weighted by Gasteiger charge is 2.17. The first-order valence-corrected chi connectivity index (χ1v) is 7.12. The molecule has 0 aliphatic rings. The van der Waals surface area contributed by atoms with Crippen LogP contribution >= 0.6 is 12.3 Å². The van der Waals surface area contributed by atoms with E-state index in [2.05, 4.69) is 10.4 Å². The van der Waals surface area contributed by atoms with Gasteiger partial charge in [-0.2, -0.15) is 9.19 Å². The zero-order chi connectivity index (χ0) is 16.0. The third-order valence-electron chi connectivity index (χ3n) is 2.57. The van der Waals surface area contributed by atoms with E-state index in [-0.39, 0.29) is 29.9 Å². The van der Waals surface area contributed by atoms with E-state index in [0.29, 0.717) is 16.8 Å². The second-order valence-corrected chi connectivity index (χ2v) is 4.44. The van der Waals surface area contributed by atoms with Gasteiger partial charge in [-0.05, 0) is 31.2 Å². The Labute approximate surface area is 127 Å². The molecule has 0 bridgehead atoms. The summed E-state index contributed by atoms with van der Waals surface area (Å²) in [6.45, 7) is 7.04. The van der Waals surface area contributed by atoms with E-state index in [1.54, 1.807) is 19.1 Å². The average molecular weight is 313 g/mol. The van der Waals surface area contributed by atoms with E-state index in [0.717, 1.165) is 4.09 Å². The standard InChI is InChI=1S/C12H11F2N3OS.C2H6/c1-7-11(9-3-5-10(13)6-4-9)16-17(19-14)12(7)15-8(2)18;1-2/h3-6H,1-2H3,(H,15,18);1-2H3. The fourth-order valence-electron chi connectivity index (χ4n) is 1.71. The summed E-state index contributed by atoms with van der Waals surface area (Å²) in [5.74, 6) is -0.397. The minimum absolute atomic E-state index is 0.113. The molecule has 4 nitrogen and oxygen atoms in total. The summed E-state index contributed by atoms with van der Waals surface area (Å²) in [5.41, 5.74) is 1.76. The Morgan fingerprint density at radius 2 is 1.86 bits per heavy atom. The minimum atomic E-state index is -0.359. The number of hydrogen-bond acceptors (Lipinski definition) is 3. The molecule has 0 aliphatic heterocycles. The molecular formula is C14H17F2N3OS. The van der Waals surface area contributed by atoms with Gasteiger partial charge < -0.3 is 5.32 Å². The maximum atomic E-state index is 12.9. The monoisotopic (exact) mass is 313 g/mol. The lowest BCUT2D eigenvalue weighted by atomic mass is 10.1. The van der Waals surface area contributed by atoms with E-state index < -0.39 is 0 Å². The summed E-state index contributed by atoms with van der Waals surface area (Å²) >= 11 is -0.113. The number of nitrogens with zero attached hydrogens (tertiary/aromatic N) is 2. The lowest BCUT2D eigenvalue weighted by molar-refractivity contribution is -0.114. The van der Waals surface area contributed by atoms with Crippen molar-refractivity contribution in [1.29, 1.82) is 0 Å². The van der Waals surface area contributed by atoms with Crippen molar-refractivity contribution in [1.82, 2.24) is 9.19 Å². The number of amides is 1. The van der Waals surface area contributed by atoms with Crippen molar-refractivity contribution in [2.45, 2.75) is 27.7 Å². The molecule has 0 spiro atoms. The molecule has 1 heterocycles. The molecule has 0 atom stereocenters. The Morgan fingerprint density at radius 3 is 2.33 bits per heavy atom. The first kappa shape index (κ1) is 17.2. The number of rotatable bonds is 3. The molecule has 0 radical (unpaired) electrons. The molecule has 0 aliphatic carbocycles. The molecule has 21 heavy (non-hydrogen) atoms. The summed E-state index contributed by atoms with van der Waals surface area (Å²) in [6.07, 6.45) is 0. The second-order valence-electron chi connectivity index (χ2n) is 3.95. The van der Waals surface area contributed by atoms with Crippen LogP contribution in [0.25, 0.3) is 11.3 Å². The molecule has 1 amide bonds. The van der Waals surface area contributed by atoms with Crippen LogP contribution in [-0.4, -0.2) is 15.1 Å². The summed E-state index contributed by atoms with van der Waals surface area (Å²) in [4.78, 5) is 11.1. The first-order chi connectivity index (χ1) is 10.0. The Bertz CT molecular complexity index is 611. The molecule has 2 rings (SSSR count). The third kappa shape index (κ3) is 4.04. The van der Waals surface area contributed by atoms with Crippen LogP contribution in [0.15, 0.2) is 24.3 Å². The Morgan fingerprint density at radius 1 is 1.29 bits per heavy atom. The molecule has 1 aromatic carbocycles. The number of hydrogen-bond donors (Lipinski definition) is 1. The number of nitrogens with one attached hydrogen (secondary N) is 1. The zero-order valence-electron chi connectivity index (χ0n) is 12.3. The molecular weight excluding hydrogens is 296 g/mol. The van der Waals surface area contributed by atoms with Gasteiger partial charge in [0.05, 0.1) is 5.69 Å². The smallest absolute Gasteiger partial charge is 0.222 e. The SMILES string of the molecule is CC.CC(=O)Nc1c(C)c(-c2ccc(F)cc2)nn1SF. The number of anilines is 1. The van der Waals surface area contributed by atoms with Crippen molar-refractivity contribution in [2.75, 3.05) is 5.32 Å². The predicted molar refractivity (Wildman–Crippen MR) is 82.1 cm³/mol. The molecule has 0 saturated heterocycles. The second kappa shape index (κ2) is 7.78. The minimum Gasteiger partial charge on any atom is -0.310 e. The van der Waals surface area contributed by atoms with Gasteiger partial charge in [-0.3, -0.25) is 4.79 Å². The molecule has 7 heteroatoms. The van der Waals surface area contributed by atoms with Crippen LogP contribution in [-0.2, 0) is 4.79 Å². The molecule has 0 fully saturated rings. The molecule has 1 aromatic heterocycles. The highest BCUT2D eigenvalue weighted by Crippen LogP contribution is 2.31. The summed E-state index contributed by atoms with van der Waals surface area (Å²) < 4.78 is 26.7. The van der Waals surface area contributed by atoms with E-state index >= 15 is 0 Å². The van der Waals surface area contributed by atoms with Crippen LogP contribution in [0.2, 0.25) is 0 Å². The third-order valence-corrected chi connectivity index (χ3v) is 2.96. The number of aromatic nitrogens is 2. The lowest BCUT2D eigenvalue weighted by Crippen LogP contribution is -2.09. The predicted octanol–water partition coefficient (Wildman–Crippen LogP) is 4.36. The van der Waals surface area contributed by atoms with Gasteiger partial charge in [0, 0.05) is 18.1 Å². The van der Waals surface area contributed by atoms with Crippen molar-refractivity contribution in [3.05, 3.63) is 35.6 Å². The maximum Gasteiger partial charge on any atom is 0.222 e. The largest absolute Gasteiger partial charge is 0.310 e. The van der Waals surface area contributed by atoms with Crippen LogP contribution < -0.4 is 5.32 Å². The fourth-order valence-corrected chi connectivity index (χ4v) is 2.08. The number of benzene rings is 1. The fraction of sp³-hybridized carbons (Fsp3) is 0.286. The van der Waals surface area contributed by atoms with Gasteiger partial charge in [0.25, 0.3) is 0 Å². The molecule has 0 unspecified atom stereocenters. The van der Waals surface area contributed by atoms with Gasteiger partial charge >= 0.3 is 0 Å². The van der Waals surface area contributed by atoms with Crippen molar-refractivity contribution in [3.8, 4) is 11.3 Å². The van der Waals surface area contributed by atoms with Crippen molar-refractivity contribution in [2.24, 2.45) is 0 Å². The highest BCUT2D eigenvalue weighted by atomic mass is 32.2. The van der Waals surface area contributed by atoms with Crippen molar-refractivity contribution >= 4 is 24.1 Å². The lowest BCUT2D eigenvalue weighted by Gasteiger charge is -2.02. The van der Waals surface area contributed by atoms with Gasteiger partial charge in [0.1, 0.15) is 11.6 Å². The Kier molecular flexibility index (Phi) is 6.36. The van der Waals surface area contributed by atoms with E-state index in [1.807, 2.05) is 13.8 Å². The molecule has 1 N–H and O–H groups in total. The highest BCUT2D eigenvalue weighted by molar-refractivity contribution is 7.92. The van der Waals surface area contributed by atoms with Crippen LogP contribution in [0, 0.1) is 12.7 Å². The summed E-state index contributed by atoms with van der Waals surface area (Å²) in [5, 5.41) is 6.57. The first-order valence-electron chi connectivity index (χ1n) is 6.45. The van der Waals surface area contributed by atoms with Crippen LogP contribution in [0.1, 0.15) is 26.3 Å². The Hall–Kier alpha value is -1.89. The van der Waals surface area contributed by atoms with Gasteiger partial charge in [-0.15, -0.1) is 3.89 Å². The molecule has 0 saturated carbocycles. The van der Waals surface area contributed by atoms with E-state index in [9.17, 15) is 13.1 Å². The quantitative estimate of drug-likeness (QED) is 0.915. The van der Waals surface area contributed by atoms with Crippen molar-refractivity contribution in [3.63, 3.8) is 0 Å². The van der Waals surface area contributed by atoms with Crippen LogP contribution in [0.3, 0.4) is 0 Å².